The lowest BCUT2D eigenvalue weighted by molar-refractivity contribution is -0.129. The lowest BCUT2D eigenvalue weighted by Gasteiger charge is -2.27. The summed E-state index contributed by atoms with van der Waals surface area (Å²) in [6.07, 6.45) is 0.908. The normalized spacial score (nSPS) is 17.9. The molecular formula is C24H21ClFN3O5S. The molecule has 11 heteroatoms. The highest BCUT2D eigenvalue weighted by Crippen LogP contribution is 2.42. The van der Waals surface area contributed by atoms with E-state index in [2.05, 4.69) is 4.99 Å². The van der Waals surface area contributed by atoms with E-state index in [0.717, 1.165) is 6.26 Å². The van der Waals surface area contributed by atoms with E-state index in [9.17, 15) is 13.2 Å². The lowest BCUT2D eigenvalue weighted by Crippen LogP contribution is -2.41. The van der Waals surface area contributed by atoms with Crippen molar-refractivity contribution in [2.24, 2.45) is 10.7 Å². The van der Waals surface area contributed by atoms with Gasteiger partial charge < -0.3 is 14.7 Å². The van der Waals surface area contributed by atoms with Gasteiger partial charge in [0.2, 0.25) is 0 Å². The molecule has 1 heterocycles. The molecule has 1 aliphatic rings. The molecule has 1 unspecified atom stereocenters. The van der Waals surface area contributed by atoms with Crippen molar-refractivity contribution in [2.45, 2.75) is 5.54 Å². The zero-order valence-electron chi connectivity index (χ0n) is 19.0. The number of ether oxygens (including phenoxy) is 1. The van der Waals surface area contributed by atoms with Crippen molar-refractivity contribution >= 4 is 33.6 Å². The molecule has 3 aromatic rings. The highest BCUT2D eigenvalue weighted by Gasteiger charge is 2.50. The van der Waals surface area contributed by atoms with Crippen LogP contribution in [0.15, 0.2) is 65.7 Å². The molecule has 0 aromatic heterocycles. The third-order valence-corrected chi connectivity index (χ3v) is 6.26. The van der Waals surface area contributed by atoms with E-state index in [0.29, 0.717) is 21.9 Å². The molecule has 0 spiro atoms. The fourth-order valence-corrected chi connectivity index (χ4v) is 4.62. The minimum absolute atomic E-state index is 0.0117. The number of benzene rings is 3. The largest absolute Gasteiger partial charge is 0.497 e. The van der Waals surface area contributed by atoms with E-state index in [1.54, 1.807) is 24.3 Å². The predicted molar refractivity (Wildman–Crippen MR) is 130 cm³/mol. The lowest BCUT2D eigenvalue weighted by atomic mass is 9.81. The first-order valence-electron chi connectivity index (χ1n) is 10.2. The summed E-state index contributed by atoms with van der Waals surface area (Å²) in [6, 6.07) is 14.8. The van der Waals surface area contributed by atoms with E-state index < -0.39 is 27.4 Å². The maximum Gasteiger partial charge on any atom is 0.306 e. The smallest absolute Gasteiger partial charge is 0.306 e. The Kier molecular flexibility index (Phi) is 6.20. The number of nitrogens with zero attached hydrogens (tertiary/aromatic N) is 2. The number of guanidine groups is 1. The summed E-state index contributed by atoms with van der Waals surface area (Å²) >= 11 is 6.19. The first-order valence-corrected chi connectivity index (χ1v) is 12.4. The van der Waals surface area contributed by atoms with Crippen molar-refractivity contribution < 1.29 is 26.5 Å². The van der Waals surface area contributed by atoms with E-state index >= 15 is 4.39 Å². The molecule has 1 aliphatic heterocycles. The number of carbonyl (C=O) groups excluding carboxylic acids is 1. The minimum atomic E-state index is -3.83. The SMILES string of the molecule is COc1cc(Cl)cc(-c2cc(C3(c4cccc(OS(C)(=O)=O)c4)N=C(N)N(C)C3=O)ccc2F)c1. The number of rotatable bonds is 6. The number of halogens is 2. The second kappa shape index (κ2) is 8.86. The topological polar surface area (TPSA) is 111 Å². The van der Waals surface area contributed by atoms with Crippen molar-refractivity contribution in [1.29, 1.82) is 0 Å². The zero-order chi connectivity index (χ0) is 25.5. The monoisotopic (exact) mass is 517 g/mol. The van der Waals surface area contributed by atoms with Gasteiger partial charge in [-0.05, 0) is 59.2 Å². The van der Waals surface area contributed by atoms with Crippen molar-refractivity contribution in [3.05, 3.63) is 82.6 Å². The second-order valence-electron chi connectivity index (χ2n) is 7.93. The molecule has 0 aliphatic carbocycles. The third kappa shape index (κ3) is 4.54. The van der Waals surface area contributed by atoms with Gasteiger partial charge >= 0.3 is 10.1 Å². The molecule has 4 rings (SSSR count). The molecule has 1 amide bonds. The Morgan fingerprint density at radius 3 is 2.40 bits per heavy atom. The summed E-state index contributed by atoms with van der Waals surface area (Å²) < 4.78 is 48.6. The molecule has 0 bridgehead atoms. The highest BCUT2D eigenvalue weighted by atomic mass is 35.5. The summed E-state index contributed by atoms with van der Waals surface area (Å²) in [5, 5.41) is 0.337. The molecule has 35 heavy (non-hydrogen) atoms. The van der Waals surface area contributed by atoms with Crippen molar-refractivity contribution in [2.75, 3.05) is 20.4 Å². The van der Waals surface area contributed by atoms with Gasteiger partial charge in [-0.2, -0.15) is 8.42 Å². The summed E-state index contributed by atoms with van der Waals surface area (Å²) in [6.45, 7) is 0. The van der Waals surface area contributed by atoms with Gasteiger partial charge in [0.15, 0.2) is 11.5 Å². The average molecular weight is 518 g/mol. The molecule has 0 saturated carbocycles. The third-order valence-electron chi connectivity index (χ3n) is 5.54. The van der Waals surface area contributed by atoms with Gasteiger partial charge in [-0.3, -0.25) is 9.69 Å². The highest BCUT2D eigenvalue weighted by molar-refractivity contribution is 7.86. The van der Waals surface area contributed by atoms with E-state index in [4.69, 9.17) is 26.3 Å². The summed E-state index contributed by atoms with van der Waals surface area (Å²) in [4.78, 5) is 19.2. The van der Waals surface area contributed by atoms with Crippen LogP contribution in [-0.2, 0) is 20.5 Å². The van der Waals surface area contributed by atoms with E-state index in [1.165, 1.54) is 55.5 Å². The van der Waals surface area contributed by atoms with Gasteiger partial charge in [0.05, 0.1) is 13.4 Å². The molecule has 0 saturated heterocycles. The molecular weight excluding hydrogens is 497 g/mol. The first-order chi connectivity index (χ1) is 16.4. The number of hydrogen-bond acceptors (Lipinski definition) is 7. The van der Waals surface area contributed by atoms with Crippen LogP contribution < -0.4 is 14.7 Å². The number of hydrogen-bond donors (Lipinski definition) is 1. The number of methoxy groups -OCH3 is 1. The second-order valence-corrected chi connectivity index (χ2v) is 9.95. The van der Waals surface area contributed by atoms with Crippen LogP contribution in [0.5, 0.6) is 11.5 Å². The number of aliphatic imine (C=N–C) groups is 1. The Hall–Kier alpha value is -3.63. The van der Waals surface area contributed by atoms with Crippen molar-refractivity contribution in [3.63, 3.8) is 0 Å². The van der Waals surface area contributed by atoms with Crippen LogP contribution in [-0.4, -0.2) is 45.6 Å². The fourth-order valence-electron chi connectivity index (χ4n) is 3.94. The summed E-state index contributed by atoms with van der Waals surface area (Å²) in [5.41, 5.74) is 5.48. The summed E-state index contributed by atoms with van der Waals surface area (Å²) in [7, 11) is -0.896. The Morgan fingerprint density at radius 1 is 1.06 bits per heavy atom. The van der Waals surface area contributed by atoms with Crippen LogP contribution in [0.3, 0.4) is 0 Å². The Bertz CT molecular complexity index is 1480. The van der Waals surface area contributed by atoms with Gasteiger partial charge in [0.25, 0.3) is 5.91 Å². The van der Waals surface area contributed by atoms with E-state index in [1.807, 2.05) is 0 Å². The van der Waals surface area contributed by atoms with Gasteiger partial charge in [-0.1, -0.05) is 29.8 Å². The first kappa shape index (κ1) is 24.5. The fraction of sp³-hybridized carbons (Fsp3) is 0.167. The van der Waals surface area contributed by atoms with Gasteiger partial charge in [0.1, 0.15) is 17.3 Å². The molecule has 0 radical (unpaired) electrons. The maximum atomic E-state index is 15.0. The molecule has 8 nitrogen and oxygen atoms in total. The Labute approximate surface area is 206 Å². The molecule has 1 atom stereocenters. The van der Waals surface area contributed by atoms with Crippen molar-refractivity contribution in [3.8, 4) is 22.6 Å². The minimum Gasteiger partial charge on any atom is -0.497 e. The van der Waals surface area contributed by atoms with Gasteiger partial charge in [0, 0.05) is 17.6 Å². The average Bonchev–Trinajstić information content (AvgIpc) is 3.02. The van der Waals surface area contributed by atoms with E-state index in [-0.39, 0.29) is 22.8 Å². The van der Waals surface area contributed by atoms with Gasteiger partial charge in [-0.25, -0.2) is 9.38 Å². The Morgan fingerprint density at radius 2 is 1.77 bits per heavy atom. The van der Waals surface area contributed by atoms with Crippen LogP contribution >= 0.6 is 11.6 Å². The van der Waals surface area contributed by atoms with Crippen LogP contribution in [0, 0.1) is 5.82 Å². The molecule has 2 N–H and O–H groups in total. The standard InChI is InChI=1S/C24H21ClFN3O5S/c1-29-22(30)24(28-23(29)27,15-5-4-6-18(11-15)34-35(3,31)32)16-7-8-21(26)20(12-16)14-9-17(25)13-19(10-14)33-2/h4-13H,1-3H3,(H2,27,28). The van der Waals surface area contributed by atoms with Gasteiger partial charge in [-0.15, -0.1) is 0 Å². The number of carbonyl (C=O) groups is 1. The molecule has 182 valence electrons. The van der Waals surface area contributed by atoms with Crippen LogP contribution in [0.2, 0.25) is 5.02 Å². The quantitative estimate of drug-likeness (QED) is 0.501. The van der Waals surface area contributed by atoms with Crippen LogP contribution in [0.1, 0.15) is 11.1 Å². The predicted octanol–water partition coefficient (Wildman–Crippen LogP) is 3.52. The maximum absolute atomic E-state index is 15.0. The molecule has 0 fully saturated rings. The number of amides is 1. The summed E-state index contributed by atoms with van der Waals surface area (Å²) in [5.74, 6) is -0.704. The van der Waals surface area contributed by atoms with Crippen LogP contribution in [0.25, 0.3) is 11.1 Å². The van der Waals surface area contributed by atoms with Crippen molar-refractivity contribution in [1.82, 2.24) is 4.90 Å². The Balaban J connectivity index is 1.96. The van der Waals surface area contributed by atoms with Crippen LogP contribution in [0.4, 0.5) is 4.39 Å². The molecule has 3 aromatic carbocycles. The number of likely N-dealkylation sites (N-methyl/N-ethyl adjacent to an activating group) is 1. The zero-order valence-corrected chi connectivity index (χ0v) is 20.5. The number of nitrogens with two attached hydrogens (primary N) is 1.